The first-order chi connectivity index (χ1) is 9.88. The first kappa shape index (κ1) is 13.4. The maximum Gasteiger partial charge on any atom is 0.455 e. The standard InChI is InChI=1S/C15H7F3O3/c16-15(17,18)13(19)11-7-10-9-4-2-1-3-8(9)5-6-12(10)21-14(11)20/h1-7H. The first-order valence-corrected chi connectivity index (χ1v) is 5.95. The molecule has 0 unspecified atom stereocenters. The van der Waals surface area contributed by atoms with E-state index < -0.39 is 23.1 Å². The van der Waals surface area contributed by atoms with E-state index in [1.807, 2.05) is 0 Å². The third kappa shape index (κ3) is 2.18. The highest BCUT2D eigenvalue weighted by molar-refractivity contribution is 6.09. The highest BCUT2D eigenvalue weighted by atomic mass is 19.4. The molecule has 1 heterocycles. The number of benzene rings is 2. The molecule has 3 aromatic rings. The summed E-state index contributed by atoms with van der Waals surface area (Å²) in [6.45, 7) is 0. The van der Waals surface area contributed by atoms with Gasteiger partial charge in [0.25, 0.3) is 5.78 Å². The molecular weight excluding hydrogens is 285 g/mol. The Bertz CT molecular complexity index is 923. The van der Waals surface area contributed by atoms with Gasteiger partial charge in [-0.25, -0.2) is 4.79 Å². The van der Waals surface area contributed by atoms with E-state index in [0.29, 0.717) is 10.8 Å². The Morgan fingerprint density at radius 2 is 1.71 bits per heavy atom. The molecule has 0 atom stereocenters. The minimum atomic E-state index is -5.12. The fourth-order valence-corrected chi connectivity index (χ4v) is 2.18. The molecule has 3 rings (SSSR count). The lowest BCUT2D eigenvalue weighted by atomic mass is 10.0. The van der Waals surface area contributed by atoms with E-state index in [-0.39, 0.29) is 5.58 Å². The highest BCUT2D eigenvalue weighted by Crippen LogP contribution is 2.27. The normalized spacial score (nSPS) is 12.0. The molecule has 1 aromatic heterocycles. The largest absolute Gasteiger partial charge is 0.455 e. The topological polar surface area (TPSA) is 47.3 Å². The van der Waals surface area contributed by atoms with E-state index in [1.54, 1.807) is 30.3 Å². The van der Waals surface area contributed by atoms with Gasteiger partial charge in [-0.15, -0.1) is 0 Å². The molecule has 21 heavy (non-hydrogen) atoms. The summed E-state index contributed by atoms with van der Waals surface area (Å²) in [7, 11) is 0. The van der Waals surface area contributed by atoms with Crippen LogP contribution in [0.3, 0.4) is 0 Å². The molecule has 0 aliphatic heterocycles. The first-order valence-electron chi connectivity index (χ1n) is 5.95. The molecule has 3 nitrogen and oxygen atoms in total. The quantitative estimate of drug-likeness (QED) is 0.390. The van der Waals surface area contributed by atoms with Gasteiger partial charge in [0.05, 0.1) is 0 Å². The van der Waals surface area contributed by atoms with E-state index in [2.05, 4.69) is 0 Å². The van der Waals surface area contributed by atoms with E-state index in [4.69, 9.17) is 4.42 Å². The van der Waals surface area contributed by atoms with Gasteiger partial charge in [0, 0.05) is 5.39 Å². The van der Waals surface area contributed by atoms with Gasteiger partial charge in [0.15, 0.2) is 0 Å². The lowest BCUT2D eigenvalue weighted by Gasteiger charge is -2.06. The van der Waals surface area contributed by atoms with Crippen LogP contribution >= 0.6 is 0 Å². The lowest BCUT2D eigenvalue weighted by Crippen LogP contribution is -2.27. The second-order valence-electron chi connectivity index (χ2n) is 4.47. The van der Waals surface area contributed by atoms with Gasteiger partial charge in [0.1, 0.15) is 11.1 Å². The van der Waals surface area contributed by atoms with Crippen molar-refractivity contribution in [2.75, 3.05) is 0 Å². The fourth-order valence-electron chi connectivity index (χ4n) is 2.18. The second kappa shape index (κ2) is 4.44. The number of ketones is 1. The van der Waals surface area contributed by atoms with Crippen LogP contribution in [0.1, 0.15) is 10.4 Å². The fraction of sp³-hybridized carbons (Fsp3) is 0.0667. The van der Waals surface area contributed by atoms with Crippen molar-refractivity contribution in [3.05, 3.63) is 58.4 Å². The molecule has 2 aromatic carbocycles. The van der Waals surface area contributed by atoms with Gasteiger partial charge in [-0.3, -0.25) is 4.79 Å². The van der Waals surface area contributed by atoms with Gasteiger partial charge in [-0.05, 0) is 22.9 Å². The van der Waals surface area contributed by atoms with Gasteiger partial charge < -0.3 is 4.42 Å². The van der Waals surface area contributed by atoms with Crippen molar-refractivity contribution in [2.45, 2.75) is 6.18 Å². The van der Waals surface area contributed by atoms with Crippen LogP contribution in [0.2, 0.25) is 0 Å². The van der Waals surface area contributed by atoms with Gasteiger partial charge in [-0.2, -0.15) is 13.2 Å². The SMILES string of the molecule is O=C(c1cc2c(ccc3ccccc32)oc1=O)C(F)(F)F. The highest BCUT2D eigenvalue weighted by Gasteiger charge is 2.41. The molecule has 0 aliphatic rings. The summed E-state index contributed by atoms with van der Waals surface area (Å²) >= 11 is 0. The summed E-state index contributed by atoms with van der Waals surface area (Å²) in [5.74, 6) is -2.20. The maximum atomic E-state index is 12.5. The van der Waals surface area contributed by atoms with Crippen LogP contribution in [-0.2, 0) is 0 Å². The minimum Gasteiger partial charge on any atom is -0.422 e. The molecule has 0 bridgehead atoms. The molecule has 6 heteroatoms. The summed E-state index contributed by atoms with van der Waals surface area (Å²) in [6, 6.07) is 11.0. The number of Topliss-reactive ketones (excluding diaryl/α,β-unsaturated/α-hetero) is 1. The molecule has 0 radical (unpaired) electrons. The zero-order chi connectivity index (χ0) is 15.2. The van der Waals surface area contributed by atoms with Crippen molar-refractivity contribution in [3.8, 4) is 0 Å². The molecule has 0 spiro atoms. The molecule has 106 valence electrons. The van der Waals surface area contributed by atoms with Crippen LogP contribution < -0.4 is 5.63 Å². The summed E-state index contributed by atoms with van der Waals surface area (Å²) in [5.41, 5.74) is -2.16. The van der Waals surface area contributed by atoms with Crippen LogP contribution in [0, 0.1) is 0 Å². The molecule has 0 amide bonds. The van der Waals surface area contributed by atoms with Crippen LogP contribution in [0.4, 0.5) is 13.2 Å². The average Bonchev–Trinajstić information content (AvgIpc) is 2.44. The summed E-state index contributed by atoms with van der Waals surface area (Å²) in [6.07, 6.45) is -5.12. The number of rotatable bonds is 1. The van der Waals surface area contributed by atoms with Crippen molar-refractivity contribution < 1.29 is 22.4 Å². The van der Waals surface area contributed by atoms with E-state index >= 15 is 0 Å². The zero-order valence-electron chi connectivity index (χ0n) is 10.4. The molecular formula is C15H7F3O3. The third-order valence-corrected chi connectivity index (χ3v) is 3.14. The number of carbonyl (C=O) groups excluding carboxylic acids is 1. The molecule has 0 aliphatic carbocycles. The lowest BCUT2D eigenvalue weighted by molar-refractivity contribution is -0.0887. The summed E-state index contributed by atoms with van der Waals surface area (Å²) in [4.78, 5) is 22.9. The number of hydrogen-bond acceptors (Lipinski definition) is 3. The smallest absolute Gasteiger partial charge is 0.422 e. The van der Waals surface area contributed by atoms with Crippen LogP contribution in [0.5, 0.6) is 0 Å². The Morgan fingerprint density at radius 3 is 2.43 bits per heavy atom. The number of halogens is 3. The Kier molecular flexibility index (Phi) is 2.83. The monoisotopic (exact) mass is 292 g/mol. The average molecular weight is 292 g/mol. The summed E-state index contributed by atoms with van der Waals surface area (Å²) in [5, 5.41) is 1.67. The maximum absolute atomic E-state index is 12.5. The Hall–Kier alpha value is -2.63. The predicted molar refractivity (Wildman–Crippen MR) is 70.4 cm³/mol. The van der Waals surface area contributed by atoms with Crippen molar-refractivity contribution in [1.29, 1.82) is 0 Å². The number of carbonyl (C=O) groups is 1. The van der Waals surface area contributed by atoms with Crippen LogP contribution in [-0.4, -0.2) is 12.0 Å². The van der Waals surface area contributed by atoms with Gasteiger partial charge >= 0.3 is 11.8 Å². The third-order valence-electron chi connectivity index (χ3n) is 3.14. The number of hydrogen-bond donors (Lipinski definition) is 0. The molecule has 0 saturated heterocycles. The van der Waals surface area contributed by atoms with Crippen molar-refractivity contribution in [2.24, 2.45) is 0 Å². The van der Waals surface area contributed by atoms with Crippen molar-refractivity contribution >= 4 is 27.5 Å². The van der Waals surface area contributed by atoms with E-state index in [1.165, 1.54) is 6.07 Å². The molecule has 0 fully saturated rings. The zero-order valence-corrected chi connectivity index (χ0v) is 10.4. The minimum absolute atomic E-state index is 0.137. The van der Waals surface area contributed by atoms with Crippen molar-refractivity contribution in [1.82, 2.24) is 0 Å². The number of alkyl halides is 3. The Morgan fingerprint density at radius 1 is 1.00 bits per heavy atom. The van der Waals surface area contributed by atoms with Crippen molar-refractivity contribution in [3.63, 3.8) is 0 Å². The van der Waals surface area contributed by atoms with Crippen LogP contribution in [0.25, 0.3) is 21.7 Å². The molecule has 0 saturated carbocycles. The van der Waals surface area contributed by atoms with Crippen LogP contribution in [0.15, 0.2) is 51.7 Å². The predicted octanol–water partition coefficient (Wildman–Crippen LogP) is 3.69. The number of fused-ring (bicyclic) bond motifs is 3. The van der Waals surface area contributed by atoms with Gasteiger partial charge in [0.2, 0.25) is 0 Å². The van der Waals surface area contributed by atoms with Gasteiger partial charge in [-0.1, -0.05) is 30.3 Å². The Balaban J connectivity index is 2.38. The van der Waals surface area contributed by atoms with E-state index in [9.17, 15) is 22.8 Å². The molecule has 0 N–H and O–H groups in total. The second-order valence-corrected chi connectivity index (χ2v) is 4.47. The van der Waals surface area contributed by atoms with E-state index in [0.717, 1.165) is 11.5 Å². The summed E-state index contributed by atoms with van der Waals surface area (Å²) < 4.78 is 42.3. The Labute approximate surface area is 115 Å².